The number of allylic oxidation sites excluding steroid dienone is 4. The van der Waals surface area contributed by atoms with Crippen molar-refractivity contribution >= 4 is 26.9 Å². The molecule has 0 radical (unpaired) electrons. The maximum absolute atomic E-state index is 2.42. The van der Waals surface area contributed by atoms with E-state index in [2.05, 4.69) is 37.9 Å². The van der Waals surface area contributed by atoms with Gasteiger partial charge in [-0.2, -0.15) is 0 Å². The van der Waals surface area contributed by atoms with E-state index < -0.39 is 8.07 Å². The molecular formula is C9H17LiSi. The van der Waals surface area contributed by atoms with Gasteiger partial charge in [-0.05, 0) is 12.5 Å². The first kappa shape index (κ1) is 11.3. The number of hydrogen-bond donors (Lipinski definition) is 0. The molecule has 0 unspecified atom stereocenters. The van der Waals surface area contributed by atoms with Crippen LogP contribution in [-0.4, -0.2) is 26.9 Å². The molecule has 1 aliphatic carbocycles. The summed E-state index contributed by atoms with van der Waals surface area (Å²) in [4.78, 5) is 0. The predicted octanol–water partition coefficient (Wildman–Crippen LogP) is 2.56. The van der Waals surface area contributed by atoms with Crippen molar-refractivity contribution in [3.8, 4) is 0 Å². The Bertz CT molecular complexity index is 174. The van der Waals surface area contributed by atoms with Gasteiger partial charge in [-0.3, -0.25) is 0 Å². The first-order valence-electron chi connectivity index (χ1n) is 3.92. The summed E-state index contributed by atoms with van der Waals surface area (Å²) in [6, 6.07) is 1.38. The Morgan fingerprint density at radius 2 is 2.00 bits per heavy atom. The topological polar surface area (TPSA) is 0 Å². The van der Waals surface area contributed by atoms with Gasteiger partial charge in [0.15, 0.2) is 0 Å². The third kappa shape index (κ3) is 4.69. The van der Waals surface area contributed by atoms with Crippen LogP contribution in [0.2, 0.25) is 25.7 Å². The first-order valence-corrected chi connectivity index (χ1v) is 7.63. The van der Waals surface area contributed by atoms with Crippen LogP contribution in [0.1, 0.15) is 6.42 Å². The molecule has 2 heteroatoms. The first-order chi connectivity index (χ1) is 4.58. The van der Waals surface area contributed by atoms with E-state index in [0.717, 1.165) is 0 Å². The molecule has 0 saturated heterocycles. The SMILES string of the molecule is C[Si](C)(C)CC1=CC=CC1.[LiH]. The Morgan fingerprint density at radius 3 is 2.36 bits per heavy atom. The molecule has 0 bridgehead atoms. The van der Waals surface area contributed by atoms with Gasteiger partial charge in [0.05, 0.1) is 0 Å². The zero-order valence-corrected chi connectivity index (χ0v) is 8.15. The average Bonchev–Trinajstić information content (AvgIpc) is 2.12. The summed E-state index contributed by atoms with van der Waals surface area (Å²) in [5, 5.41) is 0. The molecule has 0 aromatic rings. The van der Waals surface area contributed by atoms with Crippen molar-refractivity contribution in [3.05, 3.63) is 23.8 Å². The van der Waals surface area contributed by atoms with Crippen LogP contribution in [0.4, 0.5) is 0 Å². The molecule has 0 N–H and O–H groups in total. The van der Waals surface area contributed by atoms with Crippen molar-refractivity contribution < 1.29 is 0 Å². The van der Waals surface area contributed by atoms with E-state index >= 15 is 0 Å². The van der Waals surface area contributed by atoms with E-state index in [9.17, 15) is 0 Å². The van der Waals surface area contributed by atoms with E-state index in [-0.39, 0.29) is 18.9 Å². The van der Waals surface area contributed by atoms with E-state index in [4.69, 9.17) is 0 Å². The molecule has 0 heterocycles. The molecule has 11 heavy (non-hydrogen) atoms. The van der Waals surface area contributed by atoms with Crippen LogP contribution in [0.5, 0.6) is 0 Å². The molecule has 0 fully saturated rings. The van der Waals surface area contributed by atoms with E-state index in [1.165, 1.54) is 12.5 Å². The van der Waals surface area contributed by atoms with E-state index in [1.54, 1.807) is 5.57 Å². The fourth-order valence-electron chi connectivity index (χ4n) is 1.30. The van der Waals surface area contributed by atoms with Crippen molar-refractivity contribution in [2.24, 2.45) is 0 Å². The van der Waals surface area contributed by atoms with Gasteiger partial charge >= 0.3 is 18.9 Å². The van der Waals surface area contributed by atoms with Crippen LogP contribution in [0.15, 0.2) is 23.8 Å². The minimum absolute atomic E-state index is 0. The standard InChI is InChI=1S/C9H16Si.Li.H/c1-10(2,3)8-9-6-4-5-7-9;;/h4-6H,7-8H2,1-3H3;;. The van der Waals surface area contributed by atoms with Crippen LogP contribution < -0.4 is 0 Å². The van der Waals surface area contributed by atoms with Crippen LogP contribution in [0, 0.1) is 0 Å². The van der Waals surface area contributed by atoms with Crippen molar-refractivity contribution in [1.29, 1.82) is 0 Å². The molecule has 0 aliphatic heterocycles. The van der Waals surface area contributed by atoms with Crippen molar-refractivity contribution in [2.75, 3.05) is 0 Å². The van der Waals surface area contributed by atoms with Gasteiger partial charge in [0.1, 0.15) is 0 Å². The fourth-order valence-corrected chi connectivity index (χ4v) is 2.93. The summed E-state index contributed by atoms with van der Waals surface area (Å²) >= 11 is 0. The molecular weight excluding hydrogens is 143 g/mol. The van der Waals surface area contributed by atoms with Gasteiger partial charge in [0, 0.05) is 8.07 Å². The molecule has 0 aromatic heterocycles. The van der Waals surface area contributed by atoms with Crippen molar-refractivity contribution in [1.82, 2.24) is 0 Å². The van der Waals surface area contributed by atoms with Gasteiger partial charge in [-0.15, -0.1) is 0 Å². The van der Waals surface area contributed by atoms with E-state index in [1.807, 2.05) is 0 Å². The molecule has 58 valence electrons. The summed E-state index contributed by atoms with van der Waals surface area (Å²) in [7, 11) is -0.831. The molecule has 1 rings (SSSR count). The summed E-state index contributed by atoms with van der Waals surface area (Å²) in [6.45, 7) is 7.27. The molecule has 0 nitrogen and oxygen atoms in total. The zero-order valence-electron chi connectivity index (χ0n) is 7.15. The van der Waals surface area contributed by atoms with Crippen molar-refractivity contribution in [3.63, 3.8) is 0 Å². The second-order valence-electron chi connectivity index (χ2n) is 4.19. The van der Waals surface area contributed by atoms with Gasteiger partial charge in [0.25, 0.3) is 0 Å². The average molecular weight is 160 g/mol. The summed E-state index contributed by atoms with van der Waals surface area (Å²) in [5.74, 6) is 0. The van der Waals surface area contributed by atoms with Crippen LogP contribution in [0.3, 0.4) is 0 Å². The second kappa shape index (κ2) is 4.35. The monoisotopic (exact) mass is 160 g/mol. The minimum atomic E-state index is -0.831. The van der Waals surface area contributed by atoms with Gasteiger partial charge in [-0.25, -0.2) is 0 Å². The molecule has 0 amide bonds. The molecule has 0 atom stereocenters. The summed E-state index contributed by atoms with van der Waals surface area (Å²) in [6.07, 6.45) is 7.91. The molecule has 0 saturated carbocycles. The third-order valence-corrected chi connectivity index (χ3v) is 3.12. The maximum atomic E-state index is 2.42. The Labute approximate surface area is 83.0 Å². The predicted molar refractivity (Wildman–Crippen MR) is 57.1 cm³/mol. The Balaban J connectivity index is 0.000001000. The molecule has 1 aliphatic rings. The Morgan fingerprint density at radius 1 is 1.36 bits per heavy atom. The van der Waals surface area contributed by atoms with Gasteiger partial charge in [0.2, 0.25) is 0 Å². The van der Waals surface area contributed by atoms with E-state index in [0.29, 0.717) is 0 Å². The quantitative estimate of drug-likeness (QED) is 0.545. The molecule has 0 aromatic carbocycles. The van der Waals surface area contributed by atoms with Crippen LogP contribution in [-0.2, 0) is 0 Å². The van der Waals surface area contributed by atoms with Crippen LogP contribution >= 0.6 is 0 Å². The number of rotatable bonds is 2. The molecule has 0 spiro atoms. The van der Waals surface area contributed by atoms with Gasteiger partial charge in [-0.1, -0.05) is 43.4 Å². The fraction of sp³-hybridized carbons (Fsp3) is 0.556. The third-order valence-electron chi connectivity index (χ3n) is 1.61. The second-order valence-corrected chi connectivity index (χ2v) is 9.67. The Kier molecular flexibility index (Phi) is 4.47. The normalized spacial score (nSPS) is 16.1. The Hall–Kier alpha value is 0.294. The van der Waals surface area contributed by atoms with Gasteiger partial charge < -0.3 is 0 Å². The van der Waals surface area contributed by atoms with Crippen LogP contribution in [0.25, 0.3) is 0 Å². The van der Waals surface area contributed by atoms with Crippen molar-refractivity contribution in [2.45, 2.75) is 32.1 Å². The number of hydrogen-bond acceptors (Lipinski definition) is 0. The summed E-state index contributed by atoms with van der Waals surface area (Å²) < 4.78 is 0. The summed E-state index contributed by atoms with van der Waals surface area (Å²) in [5.41, 5.74) is 1.64. The zero-order chi connectivity index (χ0) is 7.61.